The van der Waals surface area contributed by atoms with Crippen molar-refractivity contribution in [3.8, 4) is 22.0 Å². The molecule has 1 aromatic carbocycles. The van der Waals surface area contributed by atoms with Crippen molar-refractivity contribution in [3.05, 3.63) is 53.6 Å². The third-order valence-corrected chi connectivity index (χ3v) is 5.37. The molecular formula is C20H20N2O3S. The second kappa shape index (κ2) is 7.05. The molecule has 3 aromatic rings. The summed E-state index contributed by atoms with van der Waals surface area (Å²) in [5, 5.41) is 0.714. The molecule has 1 amide bonds. The van der Waals surface area contributed by atoms with Crippen LogP contribution in [-0.2, 0) is 4.74 Å². The summed E-state index contributed by atoms with van der Waals surface area (Å²) in [6.45, 7) is 5.17. The van der Waals surface area contributed by atoms with Gasteiger partial charge in [0.05, 0.1) is 24.2 Å². The molecule has 0 bridgehead atoms. The number of ether oxygens (including phenoxy) is 1. The zero-order valence-electron chi connectivity index (χ0n) is 14.7. The van der Waals surface area contributed by atoms with Gasteiger partial charge in [-0.1, -0.05) is 30.3 Å². The van der Waals surface area contributed by atoms with Crippen LogP contribution in [0.2, 0.25) is 0 Å². The van der Waals surface area contributed by atoms with E-state index in [0.717, 1.165) is 5.56 Å². The topological polar surface area (TPSA) is 55.6 Å². The average molecular weight is 368 g/mol. The van der Waals surface area contributed by atoms with Crippen LogP contribution in [0.5, 0.6) is 0 Å². The van der Waals surface area contributed by atoms with Crippen LogP contribution < -0.4 is 0 Å². The highest BCUT2D eigenvalue weighted by molar-refractivity contribution is 7.17. The standard InChI is InChI=1S/C20H20N2O3S/c1-13-11-22(12-14(2)25-13)20(23)18-17(15-7-4-3-5-8-15)21-19(26-18)16-9-6-10-24-16/h3-10,13-14H,11-12H2,1-2H3. The minimum Gasteiger partial charge on any atom is -0.462 e. The lowest BCUT2D eigenvalue weighted by atomic mass is 10.1. The highest BCUT2D eigenvalue weighted by Gasteiger charge is 2.30. The number of morpholine rings is 1. The molecule has 0 saturated carbocycles. The molecule has 2 unspecified atom stereocenters. The Hall–Kier alpha value is -2.44. The van der Waals surface area contributed by atoms with Crippen LogP contribution in [0.3, 0.4) is 0 Å². The number of rotatable bonds is 3. The SMILES string of the molecule is CC1CN(C(=O)c2sc(-c3ccco3)nc2-c2ccccc2)CC(C)O1. The molecule has 0 spiro atoms. The zero-order valence-corrected chi connectivity index (χ0v) is 15.5. The number of furan rings is 1. The first-order chi connectivity index (χ1) is 12.6. The Labute approximate surface area is 156 Å². The molecule has 134 valence electrons. The molecule has 6 heteroatoms. The van der Waals surface area contributed by atoms with E-state index in [1.807, 2.05) is 61.2 Å². The highest BCUT2D eigenvalue weighted by Crippen LogP contribution is 2.35. The molecule has 0 N–H and O–H groups in total. The van der Waals surface area contributed by atoms with Crippen molar-refractivity contribution in [3.63, 3.8) is 0 Å². The molecule has 5 nitrogen and oxygen atoms in total. The van der Waals surface area contributed by atoms with Gasteiger partial charge in [-0.3, -0.25) is 4.79 Å². The Morgan fingerprint density at radius 1 is 1.12 bits per heavy atom. The maximum Gasteiger partial charge on any atom is 0.266 e. The first kappa shape index (κ1) is 17.0. The van der Waals surface area contributed by atoms with E-state index in [-0.39, 0.29) is 18.1 Å². The van der Waals surface area contributed by atoms with Crippen LogP contribution in [-0.4, -0.2) is 41.1 Å². The molecule has 1 aliphatic rings. The van der Waals surface area contributed by atoms with Gasteiger partial charge in [0.1, 0.15) is 4.88 Å². The number of aromatic nitrogens is 1. The van der Waals surface area contributed by atoms with Crippen molar-refractivity contribution < 1.29 is 13.9 Å². The summed E-state index contributed by atoms with van der Waals surface area (Å²) in [5.74, 6) is 0.677. The van der Waals surface area contributed by atoms with Crippen LogP contribution in [0.25, 0.3) is 22.0 Å². The van der Waals surface area contributed by atoms with E-state index in [0.29, 0.717) is 34.4 Å². The largest absolute Gasteiger partial charge is 0.462 e. The number of nitrogens with zero attached hydrogens (tertiary/aromatic N) is 2. The number of hydrogen-bond acceptors (Lipinski definition) is 5. The molecule has 4 rings (SSSR count). The van der Waals surface area contributed by atoms with Gasteiger partial charge in [-0.15, -0.1) is 11.3 Å². The summed E-state index contributed by atoms with van der Waals surface area (Å²) >= 11 is 1.38. The van der Waals surface area contributed by atoms with Crippen molar-refractivity contribution >= 4 is 17.2 Å². The van der Waals surface area contributed by atoms with Gasteiger partial charge in [0, 0.05) is 18.7 Å². The first-order valence-electron chi connectivity index (χ1n) is 8.66. The lowest BCUT2D eigenvalue weighted by Gasteiger charge is -2.35. The predicted octanol–water partition coefficient (Wildman–Crippen LogP) is 4.32. The van der Waals surface area contributed by atoms with Crippen LogP contribution in [0.1, 0.15) is 23.5 Å². The van der Waals surface area contributed by atoms with Gasteiger partial charge in [0.15, 0.2) is 10.8 Å². The Morgan fingerprint density at radius 3 is 2.50 bits per heavy atom. The van der Waals surface area contributed by atoms with E-state index in [1.165, 1.54) is 11.3 Å². The van der Waals surface area contributed by atoms with Gasteiger partial charge in [0.2, 0.25) is 0 Å². The van der Waals surface area contributed by atoms with Crippen LogP contribution >= 0.6 is 11.3 Å². The zero-order chi connectivity index (χ0) is 18.1. The monoisotopic (exact) mass is 368 g/mol. The minimum atomic E-state index is 0.00107. The molecule has 2 atom stereocenters. The molecular weight excluding hydrogens is 348 g/mol. The highest BCUT2D eigenvalue weighted by atomic mass is 32.1. The Kier molecular flexibility index (Phi) is 4.61. The van der Waals surface area contributed by atoms with E-state index in [9.17, 15) is 4.79 Å². The Morgan fingerprint density at radius 2 is 1.85 bits per heavy atom. The second-order valence-corrected chi connectivity index (χ2v) is 7.51. The quantitative estimate of drug-likeness (QED) is 0.691. The second-order valence-electron chi connectivity index (χ2n) is 6.51. The van der Waals surface area contributed by atoms with Gasteiger partial charge in [-0.05, 0) is 26.0 Å². The van der Waals surface area contributed by atoms with Crippen molar-refractivity contribution in [1.82, 2.24) is 9.88 Å². The normalized spacial score (nSPS) is 20.3. The fourth-order valence-corrected chi connectivity index (χ4v) is 4.27. The van der Waals surface area contributed by atoms with Gasteiger partial charge in [0.25, 0.3) is 5.91 Å². The Balaban J connectivity index is 1.75. The van der Waals surface area contributed by atoms with Crippen molar-refractivity contribution in [2.45, 2.75) is 26.1 Å². The third kappa shape index (κ3) is 3.30. The molecule has 0 aliphatic carbocycles. The summed E-state index contributed by atoms with van der Waals surface area (Å²) < 4.78 is 11.2. The molecule has 1 aliphatic heterocycles. The summed E-state index contributed by atoms with van der Waals surface area (Å²) in [4.78, 5) is 20.5. The summed E-state index contributed by atoms with van der Waals surface area (Å²) in [6.07, 6.45) is 1.67. The average Bonchev–Trinajstić information content (AvgIpc) is 3.30. The molecule has 2 aromatic heterocycles. The van der Waals surface area contributed by atoms with E-state index in [4.69, 9.17) is 14.1 Å². The molecule has 1 fully saturated rings. The summed E-state index contributed by atoms with van der Waals surface area (Å²) in [6, 6.07) is 13.5. The fraction of sp³-hybridized carbons (Fsp3) is 0.300. The van der Waals surface area contributed by atoms with Crippen LogP contribution in [0.15, 0.2) is 53.1 Å². The van der Waals surface area contributed by atoms with E-state index in [1.54, 1.807) is 6.26 Å². The molecule has 1 saturated heterocycles. The smallest absolute Gasteiger partial charge is 0.266 e. The number of carbonyl (C=O) groups excluding carboxylic acids is 1. The van der Waals surface area contributed by atoms with Crippen molar-refractivity contribution in [2.24, 2.45) is 0 Å². The lowest BCUT2D eigenvalue weighted by molar-refractivity contribution is -0.0584. The molecule has 3 heterocycles. The summed E-state index contributed by atoms with van der Waals surface area (Å²) in [7, 11) is 0. The first-order valence-corrected chi connectivity index (χ1v) is 9.48. The van der Waals surface area contributed by atoms with Crippen LogP contribution in [0, 0.1) is 0 Å². The van der Waals surface area contributed by atoms with Gasteiger partial charge >= 0.3 is 0 Å². The van der Waals surface area contributed by atoms with Crippen LogP contribution in [0.4, 0.5) is 0 Å². The number of carbonyl (C=O) groups is 1. The lowest BCUT2D eigenvalue weighted by Crippen LogP contribution is -2.48. The van der Waals surface area contributed by atoms with Gasteiger partial charge in [-0.25, -0.2) is 4.98 Å². The van der Waals surface area contributed by atoms with E-state index in [2.05, 4.69) is 0 Å². The minimum absolute atomic E-state index is 0.00107. The number of thiazole rings is 1. The van der Waals surface area contributed by atoms with Gasteiger partial charge in [-0.2, -0.15) is 0 Å². The fourth-order valence-electron chi connectivity index (χ4n) is 3.25. The molecule has 26 heavy (non-hydrogen) atoms. The number of amides is 1. The molecule has 0 radical (unpaired) electrons. The summed E-state index contributed by atoms with van der Waals surface area (Å²) in [5.41, 5.74) is 1.64. The Bertz CT molecular complexity index is 879. The van der Waals surface area contributed by atoms with E-state index >= 15 is 0 Å². The predicted molar refractivity (Wildman–Crippen MR) is 101 cm³/mol. The van der Waals surface area contributed by atoms with Crippen molar-refractivity contribution in [2.75, 3.05) is 13.1 Å². The van der Waals surface area contributed by atoms with Crippen molar-refractivity contribution in [1.29, 1.82) is 0 Å². The maximum absolute atomic E-state index is 13.3. The number of benzene rings is 1. The third-order valence-electron chi connectivity index (χ3n) is 4.31. The maximum atomic E-state index is 13.3. The van der Waals surface area contributed by atoms with E-state index < -0.39 is 0 Å². The van der Waals surface area contributed by atoms with Gasteiger partial charge < -0.3 is 14.1 Å². The number of hydrogen-bond donors (Lipinski definition) is 0.